The van der Waals surface area contributed by atoms with Gasteiger partial charge in [-0.25, -0.2) is 0 Å². The van der Waals surface area contributed by atoms with Gasteiger partial charge in [-0.1, -0.05) is 0 Å². The fourth-order valence-corrected chi connectivity index (χ4v) is 23.0. The monoisotopic (exact) mass is 396 g/mol. The quantitative estimate of drug-likeness (QED) is 0.402. The van der Waals surface area contributed by atoms with E-state index in [1.807, 2.05) is 0 Å². The molecule has 0 bridgehead atoms. The number of hydrogen-bond donors (Lipinski definition) is 0. The number of benzene rings is 2. The van der Waals surface area contributed by atoms with Gasteiger partial charge in [-0.3, -0.25) is 0 Å². The van der Waals surface area contributed by atoms with Crippen LogP contribution in [-0.2, 0) is 0 Å². The molecular weight excluding hydrogens is 375 g/mol. The molecule has 2 heterocycles. The van der Waals surface area contributed by atoms with Crippen molar-refractivity contribution in [3.63, 3.8) is 0 Å². The summed E-state index contributed by atoms with van der Waals surface area (Å²) >= 11 is -0.886. The van der Waals surface area contributed by atoms with Crippen molar-refractivity contribution in [2.45, 2.75) is 29.1 Å². The van der Waals surface area contributed by atoms with E-state index < -0.39 is 25.6 Å². The summed E-state index contributed by atoms with van der Waals surface area (Å²) < 4.78 is 3.16. The van der Waals surface area contributed by atoms with E-state index in [-0.39, 0.29) is 0 Å². The standard InChI is InChI=1S/C18H21IS/c1-20(19-13-7-2-8-14-19)17-11-5-3-9-15(17)16-10-4-6-12-18(16)20/h3-6,9-12H,2,7-8,13-14H2,1H3. The van der Waals surface area contributed by atoms with Crippen LogP contribution in [0.1, 0.15) is 19.3 Å². The molecule has 106 valence electrons. The third-order valence-corrected chi connectivity index (χ3v) is 24.1. The molecule has 1 fully saturated rings. The van der Waals surface area contributed by atoms with Gasteiger partial charge < -0.3 is 0 Å². The molecule has 2 aliphatic heterocycles. The molecule has 2 heteroatoms. The fraction of sp³-hybridized carbons (Fsp3) is 0.333. The Labute approximate surface area is 129 Å². The molecule has 2 aliphatic rings. The maximum absolute atomic E-state index is 2.65. The van der Waals surface area contributed by atoms with Gasteiger partial charge in [0.1, 0.15) is 0 Å². The van der Waals surface area contributed by atoms with Crippen molar-refractivity contribution in [3.05, 3.63) is 48.5 Å². The van der Waals surface area contributed by atoms with E-state index in [1.54, 1.807) is 29.8 Å². The molecule has 0 radical (unpaired) electrons. The molecule has 4 rings (SSSR count). The van der Waals surface area contributed by atoms with E-state index in [9.17, 15) is 0 Å². The molecule has 0 N–H and O–H groups in total. The summed E-state index contributed by atoms with van der Waals surface area (Å²) in [7, 11) is -0.667. The van der Waals surface area contributed by atoms with E-state index in [4.69, 9.17) is 0 Å². The second kappa shape index (κ2) is 5.06. The van der Waals surface area contributed by atoms with Crippen molar-refractivity contribution in [3.8, 4) is 11.1 Å². The van der Waals surface area contributed by atoms with Gasteiger partial charge in [-0.15, -0.1) is 0 Å². The van der Waals surface area contributed by atoms with Crippen molar-refractivity contribution in [1.29, 1.82) is 0 Å². The number of alkyl halides is 2. The first-order valence-corrected chi connectivity index (χ1v) is 15.0. The molecular formula is C18H21IS. The Kier molecular flexibility index (Phi) is 3.34. The number of halogens is 1. The molecule has 1 saturated heterocycles. The first-order valence-electron chi connectivity index (χ1n) is 7.41. The molecule has 0 spiro atoms. The van der Waals surface area contributed by atoms with Gasteiger partial charge in [0.2, 0.25) is 0 Å². The van der Waals surface area contributed by atoms with Crippen LogP contribution in [0.25, 0.3) is 11.1 Å². The average molecular weight is 396 g/mol. The van der Waals surface area contributed by atoms with E-state index in [0.717, 1.165) is 0 Å². The van der Waals surface area contributed by atoms with Crippen LogP contribution in [0.2, 0.25) is 0 Å². The summed E-state index contributed by atoms with van der Waals surface area (Å²) in [5, 5.41) is 0. The Hall–Kier alpha value is -0.480. The van der Waals surface area contributed by atoms with E-state index in [2.05, 4.69) is 54.8 Å². The van der Waals surface area contributed by atoms with Gasteiger partial charge in [0.05, 0.1) is 0 Å². The molecule has 0 aliphatic carbocycles. The Balaban J connectivity index is 1.94. The fourth-order valence-electron chi connectivity index (χ4n) is 3.47. The SMILES string of the molecule is CS1(I2CCCCC2)c2ccccc2-c2ccccc21. The van der Waals surface area contributed by atoms with E-state index in [1.165, 1.54) is 19.3 Å². The van der Waals surface area contributed by atoms with Gasteiger partial charge in [-0.2, -0.15) is 0 Å². The zero-order valence-corrected chi connectivity index (χ0v) is 14.9. The van der Waals surface area contributed by atoms with Crippen LogP contribution in [0.15, 0.2) is 58.3 Å². The van der Waals surface area contributed by atoms with Crippen molar-refractivity contribution in [2.24, 2.45) is 0 Å². The van der Waals surface area contributed by atoms with Crippen LogP contribution in [0, 0.1) is 0 Å². The predicted octanol–water partition coefficient (Wildman–Crippen LogP) is 6.12. The van der Waals surface area contributed by atoms with Crippen molar-refractivity contribution in [2.75, 3.05) is 15.1 Å². The van der Waals surface area contributed by atoms with Crippen LogP contribution in [-0.4, -0.2) is 15.1 Å². The van der Waals surface area contributed by atoms with Gasteiger partial charge >= 0.3 is 129 Å². The minimum atomic E-state index is -0.886. The van der Waals surface area contributed by atoms with Crippen LogP contribution in [0.5, 0.6) is 0 Å². The van der Waals surface area contributed by atoms with Crippen molar-refractivity contribution >= 4 is 25.6 Å². The Morgan fingerprint density at radius 3 is 1.80 bits per heavy atom. The topological polar surface area (TPSA) is 0 Å². The number of rotatable bonds is 1. The van der Waals surface area contributed by atoms with Crippen molar-refractivity contribution in [1.82, 2.24) is 0 Å². The summed E-state index contributed by atoms with van der Waals surface area (Å²) in [6.07, 6.45) is 7.12. The summed E-state index contributed by atoms with van der Waals surface area (Å²) in [6, 6.07) is 18.5. The Bertz CT molecular complexity index is 598. The first kappa shape index (κ1) is 13.2. The minimum absolute atomic E-state index is 0.667. The normalized spacial score (nSPS) is 22.9. The predicted molar refractivity (Wildman–Crippen MR) is 99.5 cm³/mol. The summed E-state index contributed by atoms with van der Waals surface area (Å²) in [5.41, 5.74) is 3.09. The van der Waals surface area contributed by atoms with Gasteiger partial charge in [0.15, 0.2) is 0 Å². The molecule has 0 saturated carbocycles. The van der Waals surface area contributed by atoms with Gasteiger partial charge in [-0.05, 0) is 0 Å². The maximum atomic E-state index is 2.65. The Morgan fingerprint density at radius 2 is 1.25 bits per heavy atom. The third kappa shape index (κ3) is 1.80. The summed E-state index contributed by atoms with van der Waals surface area (Å²) in [4.78, 5) is 3.43. The number of fused-ring (bicyclic) bond motifs is 3. The van der Waals surface area contributed by atoms with Crippen LogP contribution >= 0.6 is 25.6 Å². The molecule has 0 amide bonds. The molecule has 2 aromatic carbocycles. The molecule has 20 heavy (non-hydrogen) atoms. The van der Waals surface area contributed by atoms with Gasteiger partial charge in [0.25, 0.3) is 0 Å². The summed E-state index contributed by atoms with van der Waals surface area (Å²) in [5.74, 6) is 0. The first-order chi connectivity index (χ1) is 9.82. The van der Waals surface area contributed by atoms with Gasteiger partial charge in [0, 0.05) is 0 Å². The molecule has 0 aromatic heterocycles. The van der Waals surface area contributed by atoms with Crippen LogP contribution in [0.3, 0.4) is 0 Å². The average Bonchev–Trinajstić information content (AvgIpc) is 2.80. The van der Waals surface area contributed by atoms with Crippen molar-refractivity contribution < 1.29 is 0 Å². The van der Waals surface area contributed by atoms with E-state index >= 15 is 0 Å². The second-order valence-electron chi connectivity index (χ2n) is 5.66. The third-order valence-electron chi connectivity index (χ3n) is 4.52. The number of hydrogen-bond acceptors (Lipinski definition) is 0. The summed E-state index contributed by atoms with van der Waals surface area (Å²) in [6.45, 7) is 0. The Morgan fingerprint density at radius 1 is 0.750 bits per heavy atom. The zero-order valence-electron chi connectivity index (χ0n) is 11.9. The molecule has 0 nitrogen and oxygen atoms in total. The van der Waals surface area contributed by atoms with Crippen LogP contribution < -0.4 is 0 Å². The zero-order chi connectivity index (χ0) is 13.6. The van der Waals surface area contributed by atoms with Crippen LogP contribution in [0.4, 0.5) is 0 Å². The van der Waals surface area contributed by atoms with E-state index in [0.29, 0.717) is 0 Å². The second-order valence-corrected chi connectivity index (χ2v) is 20.9. The molecule has 0 unspecified atom stereocenters. The molecule has 2 aromatic rings. The molecule has 0 atom stereocenters.